The van der Waals surface area contributed by atoms with Gasteiger partial charge >= 0.3 is 0 Å². The molecular formula is C25H28O12. The summed E-state index contributed by atoms with van der Waals surface area (Å²) in [7, 11) is 3.98. The minimum atomic E-state index is -1.72. The number of carbonyl (C=O) groups is 1. The predicted octanol–water partition coefficient (Wildman–Crippen LogP) is 0.0902. The lowest BCUT2D eigenvalue weighted by atomic mass is 9.85. The summed E-state index contributed by atoms with van der Waals surface area (Å²) in [5.74, 6) is -1.32. The van der Waals surface area contributed by atoms with E-state index in [9.17, 15) is 35.4 Å². The first-order valence-electron chi connectivity index (χ1n) is 11.3. The van der Waals surface area contributed by atoms with E-state index in [2.05, 4.69) is 0 Å². The lowest BCUT2D eigenvalue weighted by Crippen LogP contribution is -2.60. The fourth-order valence-electron chi connectivity index (χ4n) is 4.46. The van der Waals surface area contributed by atoms with Crippen molar-refractivity contribution in [2.45, 2.75) is 37.1 Å². The van der Waals surface area contributed by atoms with Crippen molar-refractivity contribution in [1.29, 1.82) is 0 Å². The van der Waals surface area contributed by atoms with Crippen LogP contribution in [-0.2, 0) is 15.9 Å². The summed E-state index contributed by atoms with van der Waals surface area (Å²) in [4.78, 5) is 13.4. The van der Waals surface area contributed by atoms with Gasteiger partial charge < -0.3 is 54.3 Å². The fraction of sp³-hybridized carbons (Fsp3) is 0.400. The highest BCUT2D eigenvalue weighted by molar-refractivity contribution is 6.15. The molecule has 200 valence electrons. The first-order chi connectivity index (χ1) is 17.7. The van der Waals surface area contributed by atoms with Crippen LogP contribution in [0.2, 0.25) is 0 Å². The van der Waals surface area contributed by atoms with Gasteiger partial charge in [0, 0.05) is 23.1 Å². The Morgan fingerprint density at radius 3 is 2.27 bits per heavy atom. The van der Waals surface area contributed by atoms with E-state index in [0.29, 0.717) is 11.1 Å². The number of benzene rings is 2. The summed E-state index contributed by atoms with van der Waals surface area (Å²) in [6.07, 6.45) is -7.78. The van der Waals surface area contributed by atoms with Crippen LogP contribution in [0.1, 0.15) is 21.5 Å². The molecule has 5 atom stereocenters. The third-order valence-electron chi connectivity index (χ3n) is 6.43. The van der Waals surface area contributed by atoms with Gasteiger partial charge in [0.05, 0.1) is 27.9 Å². The van der Waals surface area contributed by atoms with Crippen LogP contribution in [0.4, 0.5) is 0 Å². The molecule has 1 aliphatic heterocycles. The Morgan fingerprint density at radius 2 is 1.68 bits per heavy atom. The van der Waals surface area contributed by atoms with Crippen molar-refractivity contribution in [3.8, 4) is 28.7 Å². The second-order valence-electron chi connectivity index (χ2n) is 8.50. The van der Waals surface area contributed by atoms with E-state index >= 15 is 0 Å². The number of rotatable bonds is 7. The molecule has 2 aromatic rings. The van der Waals surface area contributed by atoms with Crippen molar-refractivity contribution in [3.63, 3.8) is 0 Å². The van der Waals surface area contributed by atoms with Crippen molar-refractivity contribution in [2.24, 2.45) is 0 Å². The smallest absolute Gasteiger partial charge is 0.229 e. The predicted molar refractivity (Wildman–Crippen MR) is 126 cm³/mol. The molecule has 12 nitrogen and oxygen atoms in total. The van der Waals surface area contributed by atoms with E-state index in [1.54, 1.807) is 6.07 Å². The topological polar surface area (TPSA) is 185 Å². The lowest BCUT2D eigenvalue weighted by molar-refractivity contribution is -0.277. The average Bonchev–Trinajstić information content (AvgIpc) is 2.89. The lowest BCUT2D eigenvalue weighted by Gasteiger charge is -2.39. The van der Waals surface area contributed by atoms with Crippen molar-refractivity contribution in [2.75, 3.05) is 27.9 Å². The Balaban J connectivity index is 1.75. The van der Waals surface area contributed by atoms with Crippen molar-refractivity contribution < 1.29 is 59.1 Å². The molecule has 0 unspecified atom stereocenters. The number of aromatic hydroxyl groups is 2. The maximum atomic E-state index is 13.4. The number of fused-ring (bicyclic) bond motifs is 1. The summed E-state index contributed by atoms with van der Waals surface area (Å²) in [6, 6.07) is 5.86. The summed E-state index contributed by atoms with van der Waals surface area (Å²) in [5, 5.41) is 61.1. The monoisotopic (exact) mass is 520 g/mol. The minimum Gasteiger partial charge on any atom is -0.504 e. The molecule has 6 N–H and O–H groups in total. The fourth-order valence-corrected chi connectivity index (χ4v) is 4.46. The van der Waals surface area contributed by atoms with Gasteiger partial charge in [0.1, 0.15) is 24.4 Å². The molecular weight excluding hydrogens is 492 g/mol. The zero-order valence-electron chi connectivity index (χ0n) is 20.2. The summed E-state index contributed by atoms with van der Waals surface area (Å²) >= 11 is 0. The van der Waals surface area contributed by atoms with Gasteiger partial charge in [-0.25, -0.2) is 0 Å². The highest BCUT2D eigenvalue weighted by Gasteiger charge is 2.45. The Labute approximate surface area is 211 Å². The number of hydrogen-bond acceptors (Lipinski definition) is 12. The second-order valence-corrected chi connectivity index (χ2v) is 8.50. The number of aliphatic hydroxyl groups is 4. The van der Waals surface area contributed by atoms with E-state index in [-0.39, 0.29) is 46.3 Å². The van der Waals surface area contributed by atoms with Crippen LogP contribution < -0.4 is 14.2 Å². The number of phenols is 2. The molecule has 0 aromatic heterocycles. The molecule has 0 bridgehead atoms. The van der Waals surface area contributed by atoms with Gasteiger partial charge in [0.25, 0.3) is 0 Å². The third-order valence-corrected chi connectivity index (χ3v) is 6.43. The van der Waals surface area contributed by atoms with Crippen LogP contribution >= 0.6 is 0 Å². The van der Waals surface area contributed by atoms with E-state index in [0.717, 1.165) is 0 Å². The molecule has 1 heterocycles. The van der Waals surface area contributed by atoms with Crippen LogP contribution in [-0.4, -0.2) is 95.1 Å². The Bertz CT molecular complexity index is 1220. The van der Waals surface area contributed by atoms with E-state index < -0.39 is 48.8 Å². The summed E-state index contributed by atoms with van der Waals surface area (Å²) in [5.41, 5.74) is 1.09. The molecule has 0 radical (unpaired) electrons. The molecule has 0 spiro atoms. The maximum Gasteiger partial charge on any atom is 0.229 e. The average molecular weight is 520 g/mol. The molecule has 1 saturated heterocycles. The third kappa shape index (κ3) is 4.54. The SMILES string of the molecule is COC1=C(c2ccc(OC)c(O)c2)Cc2c(cc(O[C@@H]3O[C@H](CO)[C@@H](O)[C@H](O)[C@H]3O)c(OC)c2O)C1=O. The van der Waals surface area contributed by atoms with E-state index in [4.69, 9.17) is 23.7 Å². The zero-order valence-corrected chi connectivity index (χ0v) is 20.2. The van der Waals surface area contributed by atoms with E-state index in [1.807, 2.05) is 0 Å². The Kier molecular flexibility index (Phi) is 7.48. The van der Waals surface area contributed by atoms with Crippen molar-refractivity contribution in [3.05, 3.63) is 46.7 Å². The number of allylic oxidation sites excluding steroid dienone is 2. The molecule has 2 aromatic carbocycles. The first-order valence-corrected chi connectivity index (χ1v) is 11.3. The van der Waals surface area contributed by atoms with Gasteiger partial charge in [-0.2, -0.15) is 0 Å². The number of carbonyl (C=O) groups excluding carboxylic acids is 1. The standard InChI is InChI=1S/C25H28O12/c1-33-15-5-4-10(6-14(15)27)11-7-12-13(18(28)23(11)34-2)8-16(24(35-3)19(12)29)36-25-22(32)21(31)20(30)17(9-26)37-25/h4-6,8,17,20-22,25-27,29-32H,7,9H2,1-3H3/t17-,20-,21+,22-,25-/m1/s1. The van der Waals surface area contributed by atoms with Gasteiger partial charge in [-0.05, 0) is 23.8 Å². The van der Waals surface area contributed by atoms with Gasteiger partial charge in [-0.15, -0.1) is 0 Å². The summed E-state index contributed by atoms with van der Waals surface area (Å²) in [6.45, 7) is -0.665. The molecule has 0 saturated carbocycles. The number of ketones is 1. The number of hydrogen-bond donors (Lipinski definition) is 6. The van der Waals surface area contributed by atoms with Crippen LogP contribution in [0.15, 0.2) is 30.0 Å². The first kappa shape index (κ1) is 26.5. The molecule has 12 heteroatoms. The highest BCUT2D eigenvalue weighted by atomic mass is 16.7. The maximum absolute atomic E-state index is 13.4. The van der Waals surface area contributed by atoms with Crippen LogP contribution in [0.5, 0.6) is 28.7 Å². The normalized spacial score (nSPS) is 25.5. The number of aliphatic hydroxyl groups excluding tert-OH is 4. The zero-order chi connectivity index (χ0) is 27.0. The van der Waals surface area contributed by atoms with Crippen molar-refractivity contribution >= 4 is 11.4 Å². The minimum absolute atomic E-state index is 0.0243. The van der Waals surface area contributed by atoms with Gasteiger partial charge in [-0.1, -0.05) is 6.07 Å². The van der Waals surface area contributed by atoms with E-state index in [1.165, 1.54) is 39.5 Å². The largest absolute Gasteiger partial charge is 0.504 e. The number of ether oxygens (including phenoxy) is 5. The molecule has 37 heavy (non-hydrogen) atoms. The second kappa shape index (κ2) is 10.4. The molecule has 2 aliphatic rings. The van der Waals surface area contributed by atoms with Crippen LogP contribution in [0.3, 0.4) is 0 Å². The quantitative estimate of drug-likeness (QED) is 0.290. The van der Waals surface area contributed by atoms with Gasteiger partial charge in [0.15, 0.2) is 28.8 Å². The Hall–Kier alpha value is -3.55. The van der Waals surface area contributed by atoms with Crippen molar-refractivity contribution in [1.82, 2.24) is 0 Å². The molecule has 1 aliphatic carbocycles. The van der Waals surface area contributed by atoms with Crippen LogP contribution in [0, 0.1) is 0 Å². The number of methoxy groups -OCH3 is 3. The van der Waals surface area contributed by atoms with Gasteiger partial charge in [0.2, 0.25) is 17.8 Å². The molecule has 1 fully saturated rings. The van der Waals surface area contributed by atoms with Crippen LogP contribution in [0.25, 0.3) is 5.57 Å². The summed E-state index contributed by atoms with van der Waals surface area (Å²) < 4.78 is 26.8. The molecule has 0 amide bonds. The Morgan fingerprint density at radius 1 is 0.946 bits per heavy atom. The van der Waals surface area contributed by atoms with Gasteiger partial charge in [-0.3, -0.25) is 4.79 Å². The highest BCUT2D eigenvalue weighted by Crippen LogP contribution is 2.47. The molecule has 4 rings (SSSR count). The number of Topliss-reactive ketones (excluding diaryl/α,β-unsaturated/α-hetero) is 1. The number of phenolic OH excluding ortho intramolecular Hbond substituents is 2.